The molecule has 2 N–H and O–H groups in total. The van der Waals surface area contributed by atoms with Crippen LogP contribution < -0.4 is 15.0 Å². The van der Waals surface area contributed by atoms with Gasteiger partial charge < -0.3 is 29.8 Å². The summed E-state index contributed by atoms with van der Waals surface area (Å²) in [5.74, 6) is 0.415. The summed E-state index contributed by atoms with van der Waals surface area (Å²) in [6, 6.07) is 18.7. The Morgan fingerprint density at radius 1 is 1.08 bits per heavy atom. The summed E-state index contributed by atoms with van der Waals surface area (Å²) in [6.07, 6.45) is 10.8. The monoisotopic (exact) mass is 691 g/mol. The zero-order chi connectivity index (χ0) is 36.2. The number of nitrogens with one attached hydrogen (secondary N) is 1. The summed E-state index contributed by atoms with van der Waals surface area (Å²) in [6.45, 7) is 11.8. The Morgan fingerprint density at radius 2 is 1.82 bits per heavy atom. The lowest BCUT2D eigenvalue weighted by Gasteiger charge is -2.28. The van der Waals surface area contributed by atoms with Gasteiger partial charge in [0.05, 0.1) is 17.9 Å². The van der Waals surface area contributed by atoms with Gasteiger partial charge in [-0.05, 0) is 104 Å². The molecule has 266 valence electrons. The lowest BCUT2D eigenvalue weighted by molar-refractivity contribution is -0.108. The van der Waals surface area contributed by atoms with Gasteiger partial charge in [0.25, 0.3) is 0 Å². The highest BCUT2D eigenvalue weighted by Gasteiger charge is 2.26. The van der Waals surface area contributed by atoms with Gasteiger partial charge >= 0.3 is 5.97 Å². The van der Waals surface area contributed by atoms with E-state index in [0.29, 0.717) is 25.1 Å². The number of rotatable bonds is 15. The number of unbranched alkanes of at least 4 members (excludes halogenated alkanes) is 1. The van der Waals surface area contributed by atoms with Crippen LogP contribution >= 0.6 is 11.6 Å². The Hall–Kier alpha value is -4.14. The van der Waals surface area contributed by atoms with Crippen molar-refractivity contribution in [3.63, 3.8) is 0 Å². The predicted octanol–water partition coefficient (Wildman–Crippen LogP) is 8.84. The number of hydrogen-bond acceptors (Lipinski definition) is 6. The second-order valence-corrected chi connectivity index (χ2v) is 12.5. The van der Waals surface area contributed by atoms with Gasteiger partial charge in [0, 0.05) is 42.7 Å². The van der Waals surface area contributed by atoms with E-state index >= 15 is 0 Å². The summed E-state index contributed by atoms with van der Waals surface area (Å²) in [7, 11) is 4.18. The molecule has 0 aliphatic carbocycles. The molecule has 2 atom stereocenters. The van der Waals surface area contributed by atoms with Crippen LogP contribution in [-0.4, -0.2) is 69.0 Å². The van der Waals surface area contributed by atoms with Gasteiger partial charge in [-0.3, -0.25) is 4.79 Å². The average Bonchev–Trinajstić information content (AvgIpc) is 3.27. The van der Waals surface area contributed by atoms with E-state index < -0.39 is 5.97 Å². The van der Waals surface area contributed by atoms with E-state index in [4.69, 9.17) is 21.4 Å². The zero-order valence-electron chi connectivity index (χ0n) is 30.0. The Kier molecular flexibility index (Phi) is 18.8. The fourth-order valence-corrected chi connectivity index (χ4v) is 5.73. The fraction of sp³-hybridized carbons (Fsp3) is 0.425. The molecule has 0 saturated heterocycles. The maximum Gasteiger partial charge on any atom is 0.335 e. The highest BCUT2D eigenvalue weighted by atomic mass is 35.5. The Morgan fingerprint density at radius 3 is 2.45 bits per heavy atom. The first-order chi connectivity index (χ1) is 23.7. The number of fused-ring (bicyclic) bond motifs is 1. The number of ether oxygens (including phenoxy) is 1. The molecular weight excluding hydrogens is 638 g/mol. The minimum atomic E-state index is -0.979. The minimum absolute atomic E-state index is 0.195. The summed E-state index contributed by atoms with van der Waals surface area (Å²) in [4.78, 5) is 36.1. The number of hydrogen-bond donors (Lipinski definition) is 2. The van der Waals surface area contributed by atoms with E-state index in [1.807, 2.05) is 19.9 Å². The van der Waals surface area contributed by atoms with E-state index in [-0.39, 0.29) is 17.4 Å². The van der Waals surface area contributed by atoms with Crippen molar-refractivity contribution in [2.45, 2.75) is 71.6 Å². The molecule has 0 spiro atoms. The number of allylic oxidation sites excluding steroid dienone is 1. The second kappa shape index (κ2) is 22.5. The lowest BCUT2D eigenvalue weighted by atomic mass is 9.92. The fourth-order valence-electron chi connectivity index (χ4n) is 5.54. The van der Waals surface area contributed by atoms with Crippen molar-refractivity contribution in [2.75, 3.05) is 50.6 Å². The van der Waals surface area contributed by atoms with Gasteiger partial charge in [-0.15, -0.1) is 0 Å². The van der Waals surface area contributed by atoms with Crippen molar-refractivity contribution in [3.05, 3.63) is 100 Å². The number of carboxylic acid groups (broad SMARTS) is 1. The van der Waals surface area contributed by atoms with E-state index in [1.165, 1.54) is 41.0 Å². The van der Waals surface area contributed by atoms with Crippen molar-refractivity contribution in [3.8, 4) is 5.75 Å². The van der Waals surface area contributed by atoms with Gasteiger partial charge in [-0.25, -0.2) is 4.79 Å². The van der Waals surface area contributed by atoms with Gasteiger partial charge in [-0.2, -0.15) is 0 Å². The SMILES string of the molecule is CC.CCCc1cc(Cl)ccc1C1COc2ccc(C(C)CC=O)cc2N(CCC/C=C/CN(C)C)C1.O=CNc1ccc(C(=O)O)cc1. The molecule has 8 nitrogen and oxygen atoms in total. The molecular formula is C40H54ClN3O5. The normalized spacial score (nSPS) is 14.3. The molecule has 0 saturated carbocycles. The molecule has 3 aromatic carbocycles. The molecule has 3 aromatic rings. The number of nitrogens with zero attached hydrogens (tertiary/aromatic N) is 2. The van der Waals surface area contributed by atoms with E-state index in [1.54, 1.807) is 0 Å². The first-order valence-electron chi connectivity index (χ1n) is 17.2. The predicted molar refractivity (Wildman–Crippen MR) is 203 cm³/mol. The van der Waals surface area contributed by atoms with Crippen molar-refractivity contribution < 1.29 is 24.2 Å². The van der Waals surface area contributed by atoms with Crippen molar-refractivity contribution in [1.29, 1.82) is 0 Å². The van der Waals surface area contributed by atoms with Crippen LogP contribution in [0.5, 0.6) is 5.75 Å². The van der Waals surface area contributed by atoms with Crippen LogP contribution in [0.2, 0.25) is 5.02 Å². The Bertz CT molecular complexity index is 1480. The molecule has 0 radical (unpaired) electrons. The van der Waals surface area contributed by atoms with Crippen molar-refractivity contribution in [2.24, 2.45) is 0 Å². The molecule has 0 fully saturated rings. The van der Waals surface area contributed by atoms with Crippen LogP contribution in [0.3, 0.4) is 0 Å². The summed E-state index contributed by atoms with van der Waals surface area (Å²) >= 11 is 6.35. The molecule has 1 amide bonds. The number of aromatic carboxylic acids is 1. The molecule has 0 bridgehead atoms. The number of aryl methyl sites for hydroxylation is 1. The summed E-state index contributed by atoms with van der Waals surface area (Å²) in [5, 5.41) is 11.7. The van der Waals surface area contributed by atoms with Crippen molar-refractivity contribution in [1.82, 2.24) is 4.90 Å². The largest absolute Gasteiger partial charge is 0.491 e. The van der Waals surface area contributed by atoms with E-state index in [0.717, 1.165) is 68.1 Å². The maximum atomic E-state index is 11.1. The number of amides is 1. The number of carbonyl (C=O) groups is 3. The Balaban J connectivity index is 0.000000498. The van der Waals surface area contributed by atoms with Crippen molar-refractivity contribution >= 4 is 41.6 Å². The van der Waals surface area contributed by atoms with E-state index in [9.17, 15) is 14.4 Å². The molecule has 1 aliphatic rings. The third-order valence-electron chi connectivity index (χ3n) is 8.08. The second-order valence-electron chi connectivity index (χ2n) is 12.1. The Labute approximate surface area is 298 Å². The molecule has 1 aliphatic heterocycles. The number of carbonyl (C=O) groups excluding carboxylic acids is 2. The van der Waals surface area contributed by atoms with Gasteiger partial charge in [0.2, 0.25) is 6.41 Å². The standard InChI is InChI=1S/C30H41ClN2O2.C8H7NO3.C2H6/c1-5-10-25-19-27(31)12-13-28(25)26-21-33(17-9-7-6-8-16-32(3)4)29-20-24(23(2)15-18-34)11-14-30(29)35-22-26;10-5-9-7-3-1-6(2-4-7)8(11)12;1-2/h6,8,11-14,18-20,23,26H,5,7,9-10,15-17,21-22H2,1-4H3;1-5H,(H,9,10)(H,11,12);1-2H3/b8-6+;;. The van der Waals surface area contributed by atoms with Crippen LogP contribution in [0.15, 0.2) is 72.8 Å². The third-order valence-corrected chi connectivity index (χ3v) is 8.32. The first-order valence-corrected chi connectivity index (χ1v) is 17.6. The molecule has 0 aromatic heterocycles. The number of carboxylic acids is 1. The zero-order valence-corrected chi connectivity index (χ0v) is 30.7. The van der Waals surface area contributed by atoms with Crippen LogP contribution in [0.1, 0.15) is 92.3 Å². The quantitative estimate of drug-likeness (QED) is 0.0933. The van der Waals surface area contributed by atoms with Crippen LogP contribution in [0.25, 0.3) is 0 Å². The summed E-state index contributed by atoms with van der Waals surface area (Å²) < 4.78 is 6.41. The first kappa shape index (κ1) is 41.0. The van der Waals surface area contributed by atoms with Gasteiger partial charge in [0.15, 0.2) is 0 Å². The number of halogens is 1. The van der Waals surface area contributed by atoms with Gasteiger partial charge in [-0.1, -0.05) is 70.0 Å². The number of likely N-dealkylation sites (N-methyl/N-ethyl adjacent to an activating group) is 1. The smallest absolute Gasteiger partial charge is 0.335 e. The summed E-state index contributed by atoms with van der Waals surface area (Å²) in [5.41, 5.74) is 5.78. The topological polar surface area (TPSA) is 99.2 Å². The van der Waals surface area contributed by atoms with Crippen LogP contribution in [0, 0.1) is 0 Å². The maximum absolute atomic E-state index is 11.1. The third kappa shape index (κ3) is 13.7. The lowest BCUT2D eigenvalue weighted by Crippen LogP contribution is -2.30. The highest BCUT2D eigenvalue weighted by molar-refractivity contribution is 6.30. The number of benzene rings is 3. The molecule has 1 heterocycles. The number of aldehydes is 1. The van der Waals surface area contributed by atoms with Gasteiger partial charge in [0.1, 0.15) is 12.0 Å². The molecule has 9 heteroatoms. The van der Waals surface area contributed by atoms with E-state index in [2.05, 4.69) is 85.5 Å². The minimum Gasteiger partial charge on any atom is -0.491 e. The average molecular weight is 692 g/mol. The molecule has 49 heavy (non-hydrogen) atoms. The molecule has 4 rings (SSSR count). The highest BCUT2D eigenvalue weighted by Crippen LogP contribution is 2.38. The number of anilines is 2. The van der Waals surface area contributed by atoms with Crippen LogP contribution in [-0.2, 0) is 16.0 Å². The molecule has 2 unspecified atom stereocenters. The van der Waals surface area contributed by atoms with Crippen LogP contribution in [0.4, 0.5) is 11.4 Å².